The first-order valence-corrected chi connectivity index (χ1v) is 8.93. The lowest BCUT2D eigenvalue weighted by molar-refractivity contribution is -0.120. The number of hydrogen-bond acceptors (Lipinski definition) is 3. The smallest absolute Gasteiger partial charge is 0.229 e. The van der Waals surface area contributed by atoms with Crippen LogP contribution in [0.25, 0.3) is 0 Å². The molecule has 1 aliphatic rings. The summed E-state index contributed by atoms with van der Waals surface area (Å²) in [6, 6.07) is 18.5. The van der Waals surface area contributed by atoms with Gasteiger partial charge in [-0.15, -0.1) is 0 Å². The van der Waals surface area contributed by atoms with Crippen molar-refractivity contribution in [3.05, 3.63) is 60.7 Å². The van der Waals surface area contributed by atoms with Crippen LogP contribution in [0, 0.1) is 5.92 Å². The molecule has 1 aliphatic carbocycles. The van der Waals surface area contributed by atoms with Gasteiger partial charge in [-0.2, -0.15) is 0 Å². The molecule has 1 fully saturated rings. The number of carbonyl (C=O) groups excluding carboxylic acids is 1. The largest absolute Gasteiger partial charge is 0.327 e. The number of nitrogens with one attached hydrogen (secondary N) is 1. The van der Waals surface area contributed by atoms with E-state index >= 15 is 0 Å². The van der Waals surface area contributed by atoms with Crippen molar-refractivity contribution in [3.63, 3.8) is 0 Å². The summed E-state index contributed by atoms with van der Waals surface area (Å²) in [7, 11) is -1.12. The van der Waals surface area contributed by atoms with Gasteiger partial charge in [-0.25, -0.2) is 0 Å². The van der Waals surface area contributed by atoms with E-state index in [0.29, 0.717) is 12.8 Å². The minimum absolute atomic E-state index is 0.0704. The summed E-state index contributed by atoms with van der Waals surface area (Å²) in [4.78, 5) is 13.2. The van der Waals surface area contributed by atoms with Gasteiger partial charge in [0.15, 0.2) is 0 Å². The van der Waals surface area contributed by atoms with Crippen LogP contribution < -0.4 is 11.1 Å². The fraction of sp³-hybridized carbons (Fsp3) is 0.278. The lowest BCUT2D eigenvalue weighted by atomic mass is 10.0. The van der Waals surface area contributed by atoms with Crippen molar-refractivity contribution >= 4 is 22.4 Å². The summed E-state index contributed by atoms with van der Waals surface area (Å²) in [5, 5.41) is 2.83. The Morgan fingerprint density at radius 3 is 2.26 bits per heavy atom. The predicted molar refractivity (Wildman–Crippen MR) is 92.4 cm³/mol. The highest BCUT2D eigenvalue weighted by Gasteiger charge is 2.39. The van der Waals surface area contributed by atoms with Gasteiger partial charge in [0.25, 0.3) is 0 Å². The molecule has 4 atom stereocenters. The summed E-state index contributed by atoms with van der Waals surface area (Å²) < 4.78 is 12.6. The molecule has 2 aromatic carbocycles. The molecule has 2 aromatic rings. The van der Waals surface area contributed by atoms with Crippen molar-refractivity contribution in [2.24, 2.45) is 11.7 Å². The maximum atomic E-state index is 12.6. The van der Waals surface area contributed by atoms with E-state index in [9.17, 15) is 9.00 Å². The molecule has 3 N–H and O–H groups in total. The third-order valence-electron chi connectivity index (χ3n) is 4.23. The van der Waals surface area contributed by atoms with Gasteiger partial charge in [-0.1, -0.05) is 36.4 Å². The van der Waals surface area contributed by atoms with Gasteiger partial charge in [0.2, 0.25) is 5.91 Å². The minimum atomic E-state index is -1.12. The third kappa shape index (κ3) is 3.68. The quantitative estimate of drug-likeness (QED) is 0.906. The van der Waals surface area contributed by atoms with E-state index in [1.54, 1.807) is 0 Å². The number of anilines is 1. The summed E-state index contributed by atoms with van der Waals surface area (Å²) in [5.41, 5.74) is 6.91. The summed E-state index contributed by atoms with van der Waals surface area (Å²) in [5.74, 6) is -0.385. The summed E-state index contributed by atoms with van der Waals surface area (Å²) >= 11 is 0. The monoisotopic (exact) mass is 328 g/mol. The Balaban J connectivity index is 1.66. The highest BCUT2D eigenvalue weighted by molar-refractivity contribution is 7.85. The van der Waals surface area contributed by atoms with Crippen molar-refractivity contribution in [1.82, 2.24) is 0 Å². The Morgan fingerprint density at radius 1 is 1.00 bits per heavy atom. The van der Waals surface area contributed by atoms with E-state index in [4.69, 9.17) is 5.73 Å². The average molecular weight is 328 g/mol. The lowest BCUT2D eigenvalue weighted by Gasteiger charge is -2.14. The van der Waals surface area contributed by atoms with Gasteiger partial charge in [0.1, 0.15) is 0 Å². The van der Waals surface area contributed by atoms with E-state index in [2.05, 4.69) is 5.32 Å². The Labute approximate surface area is 138 Å². The Bertz CT molecular complexity index is 691. The average Bonchev–Trinajstić information content (AvgIpc) is 2.98. The molecule has 4 unspecified atom stereocenters. The molecule has 5 heteroatoms. The Morgan fingerprint density at radius 2 is 1.61 bits per heavy atom. The van der Waals surface area contributed by atoms with Crippen LogP contribution in [0.15, 0.2) is 65.6 Å². The lowest BCUT2D eigenvalue weighted by Crippen LogP contribution is -2.34. The summed E-state index contributed by atoms with van der Waals surface area (Å²) in [6.07, 6.45) is 1.16. The van der Waals surface area contributed by atoms with Crippen LogP contribution in [0.3, 0.4) is 0 Å². The van der Waals surface area contributed by atoms with Crippen LogP contribution in [-0.4, -0.2) is 21.4 Å². The SMILES string of the molecule is NC1CC(S(=O)c2ccccc2)CC1C(=O)Nc1ccccc1. The predicted octanol–water partition coefficient (Wildman–Crippen LogP) is 2.54. The zero-order valence-electron chi connectivity index (χ0n) is 12.7. The molecule has 0 aliphatic heterocycles. The maximum absolute atomic E-state index is 12.6. The van der Waals surface area contributed by atoms with Crippen LogP contribution in [0.4, 0.5) is 5.69 Å². The Hall–Kier alpha value is -1.98. The van der Waals surface area contributed by atoms with Crippen LogP contribution in [0.2, 0.25) is 0 Å². The van der Waals surface area contributed by atoms with E-state index in [1.807, 2.05) is 60.7 Å². The third-order valence-corrected chi connectivity index (χ3v) is 5.95. The zero-order chi connectivity index (χ0) is 16.2. The normalized spacial score (nSPS) is 25.0. The van der Waals surface area contributed by atoms with Crippen molar-refractivity contribution < 1.29 is 9.00 Å². The standard InChI is InChI=1S/C18H20N2O2S/c19-17-12-15(23(22)14-9-5-2-6-10-14)11-16(17)18(21)20-13-7-3-1-4-8-13/h1-10,15-17H,11-12,19H2,(H,20,21). The highest BCUT2D eigenvalue weighted by Crippen LogP contribution is 2.31. The van der Waals surface area contributed by atoms with E-state index in [0.717, 1.165) is 10.6 Å². The molecule has 3 rings (SSSR count). The number of rotatable bonds is 4. The van der Waals surface area contributed by atoms with Crippen LogP contribution >= 0.6 is 0 Å². The number of amides is 1. The second-order valence-corrected chi connectivity index (χ2v) is 7.56. The van der Waals surface area contributed by atoms with Crippen LogP contribution in [-0.2, 0) is 15.6 Å². The molecule has 0 heterocycles. The number of hydrogen-bond donors (Lipinski definition) is 2. The second-order valence-electron chi connectivity index (χ2n) is 5.83. The maximum Gasteiger partial charge on any atom is 0.229 e. The first-order chi connectivity index (χ1) is 11.1. The van der Waals surface area contributed by atoms with Gasteiger partial charge in [0.05, 0.1) is 16.7 Å². The molecule has 0 bridgehead atoms. The first kappa shape index (κ1) is 15.9. The fourth-order valence-electron chi connectivity index (χ4n) is 3.00. The molecular formula is C18H20N2O2S. The van der Waals surface area contributed by atoms with Gasteiger partial charge >= 0.3 is 0 Å². The molecule has 0 aromatic heterocycles. The molecular weight excluding hydrogens is 308 g/mol. The van der Waals surface area contributed by atoms with Crippen molar-refractivity contribution in [1.29, 1.82) is 0 Å². The molecule has 0 radical (unpaired) electrons. The minimum Gasteiger partial charge on any atom is -0.327 e. The van der Waals surface area contributed by atoms with Gasteiger partial charge < -0.3 is 11.1 Å². The number of carbonyl (C=O) groups is 1. The van der Waals surface area contributed by atoms with E-state index in [1.165, 1.54) is 0 Å². The molecule has 0 spiro atoms. The highest BCUT2D eigenvalue weighted by atomic mass is 32.2. The molecule has 0 saturated heterocycles. The fourth-order valence-corrected chi connectivity index (χ4v) is 4.59. The van der Waals surface area contributed by atoms with Crippen LogP contribution in [0.5, 0.6) is 0 Å². The van der Waals surface area contributed by atoms with Gasteiger partial charge in [0, 0.05) is 21.9 Å². The molecule has 4 nitrogen and oxygen atoms in total. The van der Waals surface area contributed by atoms with Crippen molar-refractivity contribution in [3.8, 4) is 0 Å². The Kier molecular flexibility index (Phi) is 4.88. The number of nitrogens with two attached hydrogens (primary N) is 1. The molecule has 23 heavy (non-hydrogen) atoms. The number of benzene rings is 2. The van der Waals surface area contributed by atoms with Crippen molar-refractivity contribution in [2.45, 2.75) is 29.0 Å². The van der Waals surface area contributed by atoms with Crippen molar-refractivity contribution in [2.75, 3.05) is 5.32 Å². The molecule has 1 saturated carbocycles. The summed E-state index contributed by atoms with van der Waals surface area (Å²) in [6.45, 7) is 0. The van der Waals surface area contributed by atoms with Crippen LogP contribution in [0.1, 0.15) is 12.8 Å². The zero-order valence-corrected chi connectivity index (χ0v) is 13.5. The van der Waals surface area contributed by atoms with E-state index in [-0.39, 0.29) is 23.1 Å². The molecule has 1 amide bonds. The van der Waals surface area contributed by atoms with E-state index < -0.39 is 10.8 Å². The molecule has 120 valence electrons. The first-order valence-electron chi connectivity index (χ1n) is 7.72. The topological polar surface area (TPSA) is 72.2 Å². The number of para-hydroxylation sites is 1. The van der Waals surface area contributed by atoms with Gasteiger partial charge in [-0.3, -0.25) is 9.00 Å². The van der Waals surface area contributed by atoms with Gasteiger partial charge in [-0.05, 0) is 37.1 Å². The second kappa shape index (κ2) is 7.06.